The van der Waals surface area contributed by atoms with Gasteiger partial charge in [0, 0.05) is 24.8 Å². The molecule has 1 saturated carbocycles. The number of urea groups is 1. The van der Waals surface area contributed by atoms with E-state index in [4.69, 9.17) is 9.47 Å². The maximum atomic E-state index is 15.0. The Morgan fingerprint density at radius 1 is 0.760 bits per heavy atom. The van der Waals surface area contributed by atoms with Gasteiger partial charge in [-0.2, -0.15) is 39.5 Å². The van der Waals surface area contributed by atoms with Crippen molar-refractivity contribution in [3.8, 4) is 5.75 Å². The SMILES string of the molecule is C[C@H]1[C@@H](c2ccccc2)N(C(=O)[C@H](CCCCCC/C=C\CC2=C3c4ccc(OCc5ccccc5)cc4CCC3C3CC[C@H](OCc4ccccc4)[C@@]3(C)C2)CCC(F)(F)C(F)(F)C(F)(F)C(F)(F)F)C(=O)N1C. The summed E-state index contributed by atoms with van der Waals surface area (Å²) in [6.45, 7) is 5.11. The van der Waals surface area contributed by atoms with E-state index in [1.54, 1.807) is 37.3 Å². The molecule has 7 atom stereocenters. The molecule has 6 nitrogen and oxygen atoms in total. The maximum Gasteiger partial charge on any atom is 0.460 e. The molecule has 2 unspecified atom stereocenters. The quantitative estimate of drug-likeness (QED) is 0.0447. The van der Waals surface area contributed by atoms with Crippen LogP contribution in [0.3, 0.4) is 0 Å². The van der Waals surface area contributed by atoms with E-state index in [2.05, 4.69) is 49.4 Å². The monoisotopic (exact) mass is 1050 g/mol. The van der Waals surface area contributed by atoms with E-state index in [-0.39, 0.29) is 24.4 Å². The van der Waals surface area contributed by atoms with Crippen LogP contribution in [0.1, 0.15) is 131 Å². The number of allylic oxidation sites excluding steroid dienone is 4. The number of carbonyl (C=O) groups excluding carboxylic acids is 2. The Kier molecular flexibility index (Phi) is 17.0. The number of nitrogens with zero attached hydrogens (tertiary/aromatic N) is 2. The molecular formula is C60H67F9N2O4. The third-order valence-electron chi connectivity index (χ3n) is 16.6. The van der Waals surface area contributed by atoms with E-state index in [1.165, 1.54) is 34.2 Å². The number of benzene rings is 4. The summed E-state index contributed by atoms with van der Waals surface area (Å²) >= 11 is 0. The van der Waals surface area contributed by atoms with E-state index in [9.17, 15) is 49.1 Å². The lowest BCUT2D eigenvalue weighted by Gasteiger charge is -2.48. The van der Waals surface area contributed by atoms with Gasteiger partial charge in [-0.1, -0.05) is 141 Å². The number of likely N-dealkylation sites (N-methyl/N-ethyl adjacent to an activating group) is 1. The molecule has 1 aliphatic heterocycles. The van der Waals surface area contributed by atoms with Crippen molar-refractivity contribution in [3.05, 3.63) is 155 Å². The number of imide groups is 1. The predicted octanol–water partition coefficient (Wildman–Crippen LogP) is 16.2. The highest BCUT2D eigenvalue weighted by Gasteiger charge is 2.81. The molecule has 2 fully saturated rings. The molecule has 4 aromatic rings. The molecule has 0 spiro atoms. The van der Waals surface area contributed by atoms with Gasteiger partial charge in [-0.3, -0.25) is 9.69 Å². The molecule has 4 aliphatic rings. The molecular weight excluding hydrogens is 984 g/mol. The number of amides is 3. The summed E-state index contributed by atoms with van der Waals surface area (Å²) in [6, 6.07) is 32.9. The second-order valence-electron chi connectivity index (χ2n) is 21.4. The van der Waals surface area contributed by atoms with Gasteiger partial charge < -0.3 is 14.4 Å². The van der Waals surface area contributed by atoms with E-state index < -0.39 is 66.7 Å². The highest BCUT2D eigenvalue weighted by molar-refractivity contribution is 5.98. The van der Waals surface area contributed by atoms with Gasteiger partial charge in [-0.25, -0.2) is 4.79 Å². The first-order valence-electron chi connectivity index (χ1n) is 26.3. The van der Waals surface area contributed by atoms with E-state index in [1.807, 2.05) is 48.5 Å². The maximum absolute atomic E-state index is 15.0. The van der Waals surface area contributed by atoms with E-state index >= 15 is 0 Å². The average Bonchev–Trinajstić information content (AvgIpc) is 3.86. The van der Waals surface area contributed by atoms with Crippen molar-refractivity contribution >= 4 is 17.5 Å². The van der Waals surface area contributed by atoms with Crippen LogP contribution in [-0.2, 0) is 29.2 Å². The minimum absolute atomic E-state index is 0.0504. The molecule has 8 rings (SSSR count). The van der Waals surface area contributed by atoms with Gasteiger partial charge in [-0.05, 0) is 128 Å². The molecule has 4 aromatic carbocycles. The number of hydrogen-bond acceptors (Lipinski definition) is 4. The second-order valence-corrected chi connectivity index (χ2v) is 21.4. The zero-order chi connectivity index (χ0) is 53.8. The van der Waals surface area contributed by atoms with Crippen LogP contribution < -0.4 is 4.74 Å². The Bertz CT molecular complexity index is 2640. The smallest absolute Gasteiger partial charge is 0.460 e. The summed E-state index contributed by atoms with van der Waals surface area (Å²) in [6.07, 6.45) is 2.48. The standard InChI is InChI=1S/C60H67F9N2O4/c1-40-53(43-24-18-11-19-25-43)71(55(73)70(40)3)54(72)44(34-35-57(61,62)58(63,64)59(65,66)60(67,68)69)26-16-7-5-4-6-8-17-27-46-37-56(2)50(32-33-51(56)75-39-42-22-14-10-15-23-42)49-30-28-45-36-47(29-31-48(45)52(46)49)74-38-41-20-12-9-13-21-41/h8-15,17-25,29,31,36,40,44,49-51,53H,4-7,16,26-28,30,32-35,37-39H2,1-3H3/b17-8-/t40-,44+,49?,50?,51-,53-,56-/m0/s1. The summed E-state index contributed by atoms with van der Waals surface area (Å²) in [4.78, 5) is 29.9. The van der Waals surface area contributed by atoms with Crippen LogP contribution in [0.15, 0.2) is 127 Å². The highest BCUT2D eigenvalue weighted by atomic mass is 19.4. The number of carbonyl (C=O) groups is 2. The Hall–Kier alpha value is -5.57. The second kappa shape index (κ2) is 23.0. The summed E-state index contributed by atoms with van der Waals surface area (Å²) < 4.78 is 138. The third-order valence-corrected chi connectivity index (χ3v) is 16.6. The Labute approximate surface area is 434 Å². The van der Waals surface area contributed by atoms with Crippen LogP contribution in [0.5, 0.6) is 5.75 Å². The minimum Gasteiger partial charge on any atom is -0.489 e. The van der Waals surface area contributed by atoms with Crippen molar-refractivity contribution in [3.63, 3.8) is 0 Å². The molecule has 0 aromatic heterocycles. The van der Waals surface area contributed by atoms with Crippen molar-refractivity contribution in [2.45, 2.75) is 159 Å². The lowest BCUT2D eigenvalue weighted by Crippen LogP contribution is -2.60. The largest absolute Gasteiger partial charge is 0.489 e. The van der Waals surface area contributed by atoms with Crippen LogP contribution in [0.4, 0.5) is 44.3 Å². The van der Waals surface area contributed by atoms with Gasteiger partial charge in [0.05, 0.1) is 24.8 Å². The van der Waals surface area contributed by atoms with Crippen molar-refractivity contribution in [2.75, 3.05) is 7.05 Å². The molecule has 0 N–H and O–H groups in total. The lowest BCUT2D eigenvalue weighted by atomic mass is 9.57. The minimum atomic E-state index is -7.04. The van der Waals surface area contributed by atoms with E-state index in [0.29, 0.717) is 56.3 Å². The van der Waals surface area contributed by atoms with Crippen LogP contribution in [0.25, 0.3) is 5.57 Å². The molecule has 404 valence electrons. The topological polar surface area (TPSA) is 59.1 Å². The summed E-state index contributed by atoms with van der Waals surface area (Å²) in [5.74, 6) is -20.5. The number of alkyl halides is 9. The molecule has 0 radical (unpaired) electrons. The number of halogens is 9. The fraction of sp³-hybridized carbons (Fsp3) is 0.500. The number of rotatable bonds is 22. The summed E-state index contributed by atoms with van der Waals surface area (Å²) in [5.41, 5.74) is 8.14. The van der Waals surface area contributed by atoms with Crippen LogP contribution in [0.2, 0.25) is 0 Å². The average molecular weight is 1050 g/mol. The van der Waals surface area contributed by atoms with Crippen molar-refractivity contribution in [1.29, 1.82) is 0 Å². The zero-order valence-corrected chi connectivity index (χ0v) is 42.8. The first-order valence-corrected chi connectivity index (χ1v) is 26.3. The van der Waals surface area contributed by atoms with Crippen LogP contribution in [0, 0.1) is 23.2 Å². The predicted molar refractivity (Wildman–Crippen MR) is 270 cm³/mol. The van der Waals surface area contributed by atoms with Crippen molar-refractivity contribution in [2.24, 2.45) is 23.2 Å². The fourth-order valence-electron chi connectivity index (χ4n) is 12.4. The van der Waals surface area contributed by atoms with Gasteiger partial charge in [-0.15, -0.1) is 0 Å². The number of aryl methyl sites for hydroxylation is 1. The van der Waals surface area contributed by atoms with Crippen LogP contribution in [-0.4, -0.2) is 64.9 Å². The van der Waals surface area contributed by atoms with Gasteiger partial charge in [0.25, 0.3) is 0 Å². The Balaban J connectivity index is 0.935. The number of ether oxygens (including phenoxy) is 2. The first-order chi connectivity index (χ1) is 35.7. The van der Waals surface area contributed by atoms with Crippen molar-refractivity contribution in [1.82, 2.24) is 9.80 Å². The van der Waals surface area contributed by atoms with Gasteiger partial charge in [0.15, 0.2) is 0 Å². The molecule has 75 heavy (non-hydrogen) atoms. The molecule has 3 aliphatic carbocycles. The highest BCUT2D eigenvalue weighted by Crippen LogP contribution is 2.62. The Morgan fingerprint density at radius 2 is 1.40 bits per heavy atom. The first kappa shape index (κ1) is 55.7. The number of hydrogen-bond donors (Lipinski definition) is 0. The van der Waals surface area contributed by atoms with Gasteiger partial charge in [0.2, 0.25) is 5.91 Å². The van der Waals surface area contributed by atoms with Gasteiger partial charge >= 0.3 is 30.0 Å². The number of fused-ring (bicyclic) bond motifs is 5. The molecule has 0 bridgehead atoms. The molecule has 1 saturated heterocycles. The summed E-state index contributed by atoms with van der Waals surface area (Å²) in [7, 11) is 1.44. The number of unbranched alkanes of at least 4 members (excludes halogenated alkanes) is 4. The fourth-order valence-corrected chi connectivity index (χ4v) is 12.4. The third kappa shape index (κ3) is 11.6. The normalized spacial score (nSPS) is 23.6. The van der Waals surface area contributed by atoms with Crippen LogP contribution >= 0.6 is 0 Å². The molecule has 3 amide bonds. The molecule has 1 heterocycles. The van der Waals surface area contributed by atoms with Crippen molar-refractivity contribution < 1.29 is 58.6 Å². The Morgan fingerprint density at radius 3 is 2.07 bits per heavy atom. The van der Waals surface area contributed by atoms with Gasteiger partial charge in [0.1, 0.15) is 12.4 Å². The molecule has 15 heteroatoms. The summed E-state index contributed by atoms with van der Waals surface area (Å²) in [5, 5.41) is 0. The lowest BCUT2D eigenvalue weighted by molar-refractivity contribution is -0.396. The zero-order valence-electron chi connectivity index (χ0n) is 42.8. The van der Waals surface area contributed by atoms with E-state index in [0.717, 1.165) is 60.3 Å².